The lowest BCUT2D eigenvalue weighted by Crippen LogP contribution is -2.54. The van der Waals surface area contributed by atoms with Crippen molar-refractivity contribution in [2.45, 2.75) is 56.5 Å². The van der Waals surface area contributed by atoms with Gasteiger partial charge in [0, 0.05) is 24.4 Å². The number of nitrogens with zero attached hydrogens (tertiary/aromatic N) is 1. The van der Waals surface area contributed by atoms with Crippen molar-refractivity contribution in [3.63, 3.8) is 0 Å². The Morgan fingerprint density at radius 1 is 1.08 bits per heavy atom. The molecule has 4 rings (SSSR count). The van der Waals surface area contributed by atoms with Crippen LogP contribution in [0.4, 0.5) is 0 Å². The summed E-state index contributed by atoms with van der Waals surface area (Å²) in [6.45, 7) is 6.08. The fourth-order valence-corrected chi connectivity index (χ4v) is 5.41. The first-order chi connectivity index (χ1) is 17.5. The van der Waals surface area contributed by atoms with Gasteiger partial charge in [0.25, 0.3) is 5.91 Å². The quantitative estimate of drug-likeness (QED) is 0.288. The molecule has 2 atom stereocenters. The summed E-state index contributed by atoms with van der Waals surface area (Å²) < 4.78 is 13.4. The van der Waals surface area contributed by atoms with Crippen LogP contribution >= 0.6 is 11.9 Å². The molecule has 2 heterocycles. The maximum absolute atomic E-state index is 13.5. The highest BCUT2D eigenvalue weighted by Gasteiger charge is 2.36. The van der Waals surface area contributed by atoms with Gasteiger partial charge in [-0.2, -0.15) is 0 Å². The number of nitrogens with one attached hydrogen (secondary N) is 2. The van der Waals surface area contributed by atoms with Crippen molar-refractivity contribution in [1.82, 2.24) is 14.9 Å². The zero-order valence-corrected chi connectivity index (χ0v) is 21.6. The Bertz CT molecular complexity index is 1090. The molecule has 2 aliphatic heterocycles. The molecule has 0 bridgehead atoms. The molecule has 0 radical (unpaired) electrons. The minimum atomic E-state index is -0.952. The highest BCUT2D eigenvalue weighted by molar-refractivity contribution is 7.97. The van der Waals surface area contributed by atoms with Gasteiger partial charge < -0.3 is 20.1 Å². The van der Waals surface area contributed by atoms with Crippen LogP contribution in [-0.4, -0.2) is 60.3 Å². The van der Waals surface area contributed by atoms with Crippen LogP contribution < -0.4 is 20.1 Å². The van der Waals surface area contributed by atoms with E-state index in [0.29, 0.717) is 44.2 Å². The van der Waals surface area contributed by atoms with Crippen molar-refractivity contribution in [2.24, 2.45) is 0 Å². The van der Waals surface area contributed by atoms with Crippen LogP contribution in [0.5, 0.6) is 11.5 Å². The number of ether oxygens (including phenoxy) is 2. The third-order valence-electron chi connectivity index (χ3n) is 6.27. The predicted octanol–water partition coefficient (Wildman–Crippen LogP) is 2.92. The maximum Gasteiger partial charge on any atom is 0.289 e. The van der Waals surface area contributed by atoms with E-state index in [1.54, 1.807) is 0 Å². The molecule has 0 saturated heterocycles. The summed E-state index contributed by atoms with van der Waals surface area (Å²) in [5.74, 6) is -0.167. The monoisotopic (exact) mass is 511 g/mol. The number of hydrogen-bond acceptors (Lipinski definition) is 7. The highest BCUT2D eigenvalue weighted by atomic mass is 32.2. The van der Waals surface area contributed by atoms with Crippen molar-refractivity contribution in [3.05, 3.63) is 53.6 Å². The van der Waals surface area contributed by atoms with Crippen LogP contribution in [0, 0.1) is 0 Å². The Hall–Kier alpha value is -3.04. The molecular weight excluding hydrogens is 478 g/mol. The molecule has 0 fully saturated rings. The first kappa shape index (κ1) is 26.0. The molecule has 0 saturated carbocycles. The van der Waals surface area contributed by atoms with Gasteiger partial charge in [0.15, 0.2) is 11.5 Å². The second-order valence-electron chi connectivity index (χ2n) is 8.87. The number of ketones is 1. The average molecular weight is 512 g/mol. The highest BCUT2D eigenvalue weighted by Crippen LogP contribution is 2.42. The number of hydrogen-bond donors (Lipinski definition) is 2. The third-order valence-corrected chi connectivity index (χ3v) is 7.60. The topological polar surface area (TPSA) is 97.0 Å². The van der Waals surface area contributed by atoms with E-state index in [9.17, 15) is 14.4 Å². The predicted molar refractivity (Wildman–Crippen MR) is 138 cm³/mol. The van der Waals surface area contributed by atoms with Gasteiger partial charge in [-0.05, 0) is 48.0 Å². The molecule has 0 spiro atoms. The van der Waals surface area contributed by atoms with E-state index in [0.717, 1.165) is 28.9 Å². The molecule has 0 aromatic heterocycles. The summed E-state index contributed by atoms with van der Waals surface area (Å²) in [5.41, 5.74) is 1.87. The lowest BCUT2D eigenvalue weighted by atomic mass is 9.99. The van der Waals surface area contributed by atoms with Crippen LogP contribution in [0.2, 0.25) is 0 Å². The lowest BCUT2D eigenvalue weighted by molar-refractivity contribution is -0.140. The Morgan fingerprint density at radius 3 is 2.50 bits per heavy atom. The van der Waals surface area contributed by atoms with Gasteiger partial charge in [0.2, 0.25) is 11.7 Å². The van der Waals surface area contributed by atoms with Crippen LogP contribution in [-0.2, 0) is 27.2 Å². The number of benzene rings is 2. The molecular formula is C27H33N3O5S. The number of likely N-dealkylation sites (N-methyl/N-ethyl adjacent to an activating group) is 1. The van der Waals surface area contributed by atoms with Gasteiger partial charge in [0.05, 0.1) is 0 Å². The minimum Gasteiger partial charge on any atom is -0.486 e. The van der Waals surface area contributed by atoms with E-state index in [1.165, 1.54) is 11.9 Å². The van der Waals surface area contributed by atoms with Gasteiger partial charge in [-0.15, -0.1) is 0 Å². The molecule has 2 unspecified atom stereocenters. The standard InChI is InChI=1S/C27H33N3O5S/c1-3-5-11-28-27(33)25(31)20(14-18-9-7-6-8-10-18)29-26(32)21-15-19-16-22-23(35-13-12-34-22)17-24(19)36-30(21)4-2/h6-10,16-17,20-21H,3-5,11-15H2,1-2H3,(H,28,33)(H,29,32). The van der Waals surface area contributed by atoms with Gasteiger partial charge in [-0.1, -0.05) is 50.6 Å². The van der Waals surface area contributed by atoms with Crippen molar-refractivity contribution in [2.75, 3.05) is 26.3 Å². The normalized spacial score (nSPS) is 17.6. The van der Waals surface area contributed by atoms with Crippen LogP contribution in [0.1, 0.15) is 37.8 Å². The van der Waals surface area contributed by atoms with Crippen molar-refractivity contribution >= 4 is 29.5 Å². The fraction of sp³-hybridized carbons (Fsp3) is 0.444. The van der Waals surface area contributed by atoms with E-state index < -0.39 is 23.8 Å². The largest absolute Gasteiger partial charge is 0.486 e. The number of unbranched alkanes of at least 4 members (excludes halogenated alkanes) is 1. The summed E-state index contributed by atoms with van der Waals surface area (Å²) >= 11 is 1.50. The number of carbonyl (C=O) groups excluding carboxylic acids is 3. The fourth-order valence-electron chi connectivity index (χ4n) is 4.32. The molecule has 2 aromatic rings. The number of carbonyl (C=O) groups is 3. The Balaban J connectivity index is 1.52. The van der Waals surface area contributed by atoms with Gasteiger partial charge >= 0.3 is 0 Å². The average Bonchev–Trinajstić information content (AvgIpc) is 2.90. The van der Waals surface area contributed by atoms with Gasteiger partial charge in [-0.3, -0.25) is 14.4 Å². The second kappa shape index (κ2) is 12.3. The molecule has 36 heavy (non-hydrogen) atoms. The smallest absolute Gasteiger partial charge is 0.289 e. The lowest BCUT2D eigenvalue weighted by Gasteiger charge is -2.35. The van der Waals surface area contributed by atoms with Crippen LogP contribution in [0.15, 0.2) is 47.4 Å². The Kier molecular flexibility index (Phi) is 8.88. The van der Waals surface area contributed by atoms with Crippen molar-refractivity contribution < 1.29 is 23.9 Å². The molecule has 9 heteroatoms. The maximum atomic E-state index is 13.5. The molecule has 8 nitrogen and oxygen atoms in total. The number of amides is 2. The molecule has 2 aromatic carbocycles. The molecule has 0 aliphatic carbocycles. The van der Waals surface area contributed by atoms with E-state index in [2.05, 4.69) is 10.6 Å². The van der Waals surface area contributed by atoms with E-state index >= 15 is 0 Å². The van der Waals surface area contributed by atoms with Crippen molar-refractivity contribution in [3.8, 4) is 11.5 Å². The van der Waals surface area contributed by atoms with E-state index in [1.807, 2.05) is 60.6 Å². The van der Waals surface area contributed by atoms with Crippen molar-refractivity contribution in [1.29, 1.82) is 0 Å². The van der Waals surface area contributed by atoms with E-state index in [-0.39, 0.29) is 12.3 Å². The van der Waals surface area contributed by atoms with E-state index in [4.69, 9.17) is 9.47 Å². The number of fused-ring (bicyclic) bond motifs is 2. The zero-order valence-electron chi connectivity index (χ0n) is 20.7. The van der Waals surface area contributed by atoms with Crippen LogP contribution in [0.3, 0.4) is 0 Å². The third kappa shape index (κ3) is 6.20. The molecule has 2 amide bonds. The summed E-state index contributed by atoms with van der Waals surface area (Å²) in [7, 11) is 0. The van der Waals surface area contributed by atoms with Gasteiger partial charge in [0.1, 0.15) is 25.3 Å². The SMILES string of the molecule is CCCCNC(=O)C(=O)C(Cc1ccccc1)NC(=O)C1Cc2cc3c(cc2SN1CC)OCCO3. The molecule has 2 aliphatic rings. The first-order valence-corrected chi connectivity index (χ1v) is 13.3. The first-order valence-electron chi connectivity index (χ1n) is 12.5. The summed E-state index contributed by atoms with van der Waals surface area (Å²) in [6.07, 6.45) is 2.41. The molecule has 192 valence electrons. The number of rotatable bonds is 10. The van der Waals surface area contributed by atoms with Crippen LogP contribution in [0.25, 0.3) is 0 Å². The number of Topliss-reactive ketones (excluding diaryl/α,β-unsaturated/α-hetero) is 1. The Labute approximate surface area is 216 Å². The Morgan fingerprint density at radius 2 is 1.81 bits per heavy atom. The second-order valence-corrected chi connectivity index (χ2v) is 9.96. The summed E-state index contributed by atoms with van der Waals surface area (Å²) in [4.78, 5) is 40.2. The summed E-state index contributed by atoms with van der Waals surface area (Å²) in [5, 5.41) is 5.59. The van der Waals surface area contributed by atoms with Gasteiger partial charge in [-0.25, -0.2) is 4.31 Å². The minimum absolute atomic E-state index is 0.244. The molecule has 2 N–H and O–H groups in total. The summed E-state index contributed by atoms with van der Waals surface area (Å²) in [6, 6.07) is 11.9. The zero-order chi connectivity index (χ0) is 25.5.